The van der Waals surface area contributed by atoms with Crippen molar-refractivity contribution in [2.45, 2.75) is 31.1 Å². The molecule has 3 aromatic rings. The Morgan fingerprint density at radius 1 is 1.08 bits per heavy atom. The van der Waals surface area contributed by atoms with Crippen LogP contribution in [0.2, 0.25) is 0 Å². The Balaban J connectivity index is 1.61. The molecule has 0 bridgehead atoms. The van der Waals surface area contributed by atoms with Crippen LogP contribution in [-0.4, -0.2) is 59.8 Å². The summed E-state index contributed by atoms with van der Waals surface area (Å²) in [7, 11) is 0. The van der Waals surface area contributed by atoms with Gasteiger partial charge in [-0.3, -0.25) is 4.57 Å². The highest BCUT2D eigenvalue weighted by molar-refractivity contribution is 5.82. The number of benzene rings is 1. The fraction of sp³-hybridized carbons (Fsp3) is 0.353. The second-order valence-corrected chi connectivity index (χ2v) is 6.11. The zero-order valence-electron chi connectivity index (χ0n) is 13.8. The van der Waals surface area contributed by atoms with Crippen LogP contribution in [0.5, 0.6) is 0 Å². The number of ether oxygens (including phenoxy) is 1. The molecule has 1 fully saturated rings. The van der Waals surface area contributed by atoms with E-state index in [4.69, 9.17) is 4.74 Å². The van der Waals surface area contributed by atoms with Crippen molar-refractivity contribution in [1.82, 2.24) is 19.5 Å². The number of aliphatic hydroxyl groups is 3. The van der Waals surface area contributed by atoms with Crippen molar-refractivity contribution in [2.75, 3.05) is 11.9 Å². The van der Waals surface area contributed by atoms with Gasteiger partial charge in [0, 0.05) is 6.54 Å². The van der Waals surface area contributed by atoms with Gasteiger partial charge in [-0.15, -0.1) is 0 Å². The Bertz CT molecular complexity index is 887. The van der Waals surface area contributed by atoms with Crippen molar-refractivity contribution in [1.29, 1.82) is 0 Å². The Morgan fingerprint density at radius 2 is 1.88 bits per heavy atom. The Morgan fingerprint density at radius 3 is 2.62 bits per heavy atom. The average molecular weight is 357 g/mol. The molecule has 0 saturated carbocycles. The first kappa shape index (κ1) is 16.9. The van der Waals surface area contributed by atoms with Crippen molar-refractivity contribution >= 4 is 17.0 Å². The first-order valence-electron chi connectivity index (χ1n) is 8.27. The number of aliphatic hydroxyl groups excluding tert-OH is 3. The largest absolute Gasteiger partial charge is 0.394 e. The van der Waals surface area contributed by atoms with Crippen molar-refractivity contribution in [3.8, 4) is 0 Å². The summed E-state index contributed by atoms with van der Waals surface area (Å²) in [6, 6.07) is 9.88. The summed E-state index contributed by atoms with van der Waals surface area (Å²) in [6.45, 7) is 0.188. The standard InChI is InChI=1S/C17H19N5O4/c23-7-11-13(24)14(25)17(26-11)22-9-21-12-15(19-8-20-16(12)22)18-6-10-4-2-1-3-5-10/h1-5,8-9,11,13-14,17,23-25H,6-7H2,(H,18,19,20)/t11-,13+,14+,17?/m1/s1. The predicted octanol–water partition coefficient (Wildman–Crippen LogP) is 0.0499. The molecule has 1 aromatic carbocycles. The van der Waals surface area contributed by atoms with Gasteiger partial charge >= 0.3 is 0 Å². The number of imidazole rings is 1. The number of aromatic nitrogens is 4. The molecule has 9 nitrogen and oxygen atoms in total. The van der Waals surface area contributed by atoms with Gasteiger partial charge in [-0.05, 0) is 5.56 Å². The third-order valence-electron chi connectivity index (χ3n) is 4.45. The zero-order chi connectivity index (χ0) is 18.1. The summed E-state index contributed by atoms with van der Waals surface area (Å²) in [4.78, 5) is 12.8. The molecule has 0 radical (unpaired) electrons. The number of nitrogens with zero attached hydrogens (tertiary/aromatic N) is 4. The molecule has 4 rings (SSSR count). The van der Waals surface area contributed by atoms with Crippen molar-refractivity contribution < 1.29 is 20.1 Å². The van der Waals surface area contributed by atoms with E-state index in [1.807, 2.05) is 30.3 Å². The molecule has 4 N–H and O–H groups in total. The van der Waals surface area contributed by atoms with Crippen LogP contribution in [-0.2, 0) is 11.3 Å². The van der Waals surface area contributed by atoms with E-state index in [0.717, 1.165) is 5.56 Å². The van der Waals surface area contributed by atoms with Crippen LogP contribution in [0.4, 0.5) is 5.82 Å². The molecule has 4 atom stereocenters. The maximum absolute atomic E-state index is 10.2. The summed E-state index contributed by atoms with van der Waals surface area (Å²) < 4.78 is 7.08. The van der Waals surface area contributed by atoms with Crippen molar-refractivity contribution in [2.24, 2.45) is 0 Å². The summed E-state index contributed by atoms with van der Waals surface area (Å²) in [5.74, 6) is 0.560. The lowest BCUT2D eigenvalue weighted by molar-refractivity contribution is -0.0511. The molecule has 0 amide bonds. The van der Waals surface area contributed by atoms with E-state index in [9.17, 15) is 15.3 Å². The number of rotatable bonds is 5. The highest BCUT2D eigenvalue weighted by Gasteiger charge is 2.44. The van der Waals surface area contributed by atoms with E-state index in [2.05, 4.69) is 20.3 Å². The maximum Gasteiger partial charge on any atom is 0.167 e. The third kappa shape index (κ3) is 2.90. The van der Waals surface area contributed by atoms with Gasteiger partial charge in [-0.25, -0.2) is 15.0 Å². The SMILES string of the molecule is OC[C@H]1OC(n2cnc3c(NCc4ccccc4)ncnc32)[C@@H](O)[C@H]1O. The molecule has 1 saturated heterocycles. The quantitative estimate of drug-likeness (QED) is 0.505. The minimum atomic E-state index is -1.19. The van der Waals surface area contributed by atoms with Crippen LogP contribution in [0.3, 0.4) is 0 Å². The first-order valence-corrected chi connectivity index (χ1v) is 8.27. The average Bonchev–Trinajstić information content (AvgIpc) is 3.23. The molecular weight excluding hydrogens is 338 g/mol. The third-order valence-corrected chi connectivity index (χ3v) is 4.45. The lowest BCUT2D eigenvalue weighted by Gasteiger charge is -2.16. The van der Waals surface area contributed by atoms with Gasteiger partial charge in [-0.1, -0.05) is 30.3 Å². The normalized spacial score (nSPS) is 25.7. The minimum absolute atomic E-state index is 0.389. The number of fused-ring (bicyclic) bond motifs is 1. The lowest BCUT2D eigenvalue weighted by Crippen LogP contribution is -2.33. The van der Waals surface area contributed by atoms with Gasteiger partial charge in [0.25, 0.3) is 0 Å². The summed E-state index contributed by atoms with van der Waals surface area (Å²) >= 11 is 0. The fourth-order valence-corrected chi connectivity index (χ4v) is 3.06. The molecule has 9 heteroatoms. The summed E-state index contributed by atoms with van der Waals surface area (Å²) in [6.07, 6.45) is -1.24. The molecule has 1 unspecified atom stereocenters. The Kier molecular flexibility index (Phi) is 4.51. The van der Waals surface area contributed by atoms with Crippen LogP contribution in [0.15, 0.2) is 43.0 Å². The van der Waals surface area contributed by atoms with Crippen LogP contribution >= 0.6 is 0 Å². The van der Waals surface area contributed by atoms with Gasteiger partial charge in [0.05, 0.1) is 12.9 Å². The van der Waals surface area contributed by atoms with E-state index < -0.39 is 24.5 Å². The predicted molar refractivity (Wildman–Crippen MR) is 92.1 cm³/mol. The molecule has 26 heavy (non-hydrogen) atoms. The topological polar surface area (TPSA) is 126 Å². The zero-order valence-corrected chi connectivity index (χ0v) is 13.8. The van der Waals surface area contributed by atoms with Crippen LogP contribution in [0.1, 0.15) is 11.8 Å². The highest BCUT2D eigenvalue weighted by atomic mass is 16.6. The number of nitrogens with one attached hydrogen (secondary N) is 1. The Labute approximate surface area is 148 Å². The molecule has 0 aliphatic carbocycles. The highest BCUT2D eigenvalue weighted by Crippen LogP contribution is 2.32. The number of hydrogen-bond donors (Lipinski definition) is 4. The molecule has 2 aromatic heterocycles. The summed E-state index contributed by atoms with van der Waals surface area (Å²) in [5.41, 5.74) is 2.09. The smallest absolute Gasteiger partial charge is 0.167 e. The van der Waals surface area contributed by atoms with Gasteiger partial charge in [-0.2, -0.15) is 0 Å². The first-order chi connectivity index (χ1) is 12.7. The monoisotopic (exact) mass is 357 g/mol. The van der Waals surface area contributed by atoms with Crippen LogP contribution in [0.25, 0.3) is 11.2 Å². The second kappa shape index (κ2) is 6.96. The number of hydrogen-bond acceptors (Lipinski definition) is 8. The molecule has 0 spiro atoms. The second-order valence-electron chi connectivity index (χ2n) is 6.11. The number of anilines is 1. The van der Waals surface area contributed by atoms with Gasteiger partial charge in [0.1, 0.15) is 24.6 Å². The lowest BCUT2D eigenvalue weighted by atomic mass is 10.1. The van der Waals surface area contributed by atoms with E-state index in [1.54, 1.807) is 0 Å². The van der Waals surface area contributed by atoms with Gasteiger partial charge < -0.3 is 25.4 Å². The van der Waals surface area contributed by atoms with E-state index in [0.29, 0.717) is 23.5 Å². The Hall–Kier alpha value is -2.59. The minimum Gasteiger partial charge on any atom is -0.394 e. The van der Waals surface area contributed by atoms with Crippen molar-refractivity contribution in [3.63, 3.8) is 0 Å². The van der Waals surface area contributed by atoms with Crippen LogP contribution in [0, 0.1) is 0 Å². The summed E-state index contributed by atoms with van der Waals surface area (Å²) in [5, 5.41) is 32.6. The van der Waals surface area contributed by atoms with E-state index >= 15 is 0 Å². The molecule has 3 heterocycles. The van der Waals surface area contributed by atoms with Crippen LogP contribution < -0.4 is 5.32 Å². The maximum atomic E-state index is 10.2. The van der Waals surface area contributed by atoms with Gasteiger partial charge in [0.15, 0.2) is 23.2 Å². The van der Waals surface area contributed by atoms with Gasteiger partial charge in [0.2, 0.25) is 0 Å². The molecular formula is C17H19N5O4. The van der Waals surface area contributed by atoms with E-state index in [-0.39, 0.29) is 6.61 Å². The molecule has 1 aliphatic heterocycles. The van der Waals surface area contributed by atoms with E-state index in [1.165, 1.54) is 17.2 Å². The molecule has 136 valence electrons. The van der Waals surface area contributed by atoms with Crippen molar-refractivity contribution in [3.05, 3.63) is 48.5 Å². The molecule has 1 aliphatic rings. The fourth-order valence-electron chi connectivity index (χ4n) is 3.06.